The van der Waals surface area contributed by atoms with Crippen LogP contribution in [0.15, 0.2) is 11.0 Å². The molecule has 25 heavy (non-hydrogen) atoms. The lowest BCUT2D eigenvalue weighted by Gasteiger charge is -2.43. The number of nitrogens with zero attached hydrogens (tertiary/aromatic N) is 2. The van der Waals surface area contributed by atoms with Crippen molar-refractivity contribution in [3.05, 3.63) is 22.1 Å². The van der Waals surface area contributed by atoms with Crippen LogP contribution in [0.1, 0.15) is 45.9 Å². The molecule has 7 heteroatoms. The van der Waals surface area contributed by atoms with Crippen molar-refractivity contribution in [1.82, 2.24) is 9.55 Å². The van der Waals surface area contributed by atoms with Crippen molar-refractivity contribution in [3.8, 4) is 6.01 Å². The fourth-order valence-electron chi connectivity index (χ4n) is 3.30. The fraction of sp³-hybridized carbons (Fsp3) is 0.778. The van der Waals surface area contributed by atoms with E-state index in [9.17, 15) is 4.79 Å². The minimum absolute atomic E-state index is 0.105. The number of rotatable bonds is 5. The molecule has 0 radical (unpaired) electrons. The number of fused-ring (bicyclic) bond motifs is 4. The Morgan fingerprint density at radius 3 is 2.76 bits per heavy atom. The molecule has 1 fully saturated rings. The summed E-state index contributed by atoms with van der Waals surface area (Å²) in [5.41, 5.74) is 0.355. The van der Waals surface area contributed by atoms with Gasteiger partial charge < -0.3 is 13.9 Å². The van der Waals surface area contributed by atoms with Gasteiger partial charge in [-0.2, -0.15) is 4.98 Å². The molecule has 6 nitrogen and oxygen atoms in total. The summed E-state index contributed by atoms with van der Waals surface area (Å²) in [6.07, 6.45) is 2.18. The fourth-order valence-corrected chi connectivity index (χ4v) is 5.64. The molecule has 0 amide bonds. The third-order valence-electron chi connectivity index (χ3n) is 6.44. The molecule has 3 heterocycles. The standard InChI is InChI=1S/C18H30N2O4Si/c1-11(2)18(4,5)25(6,7)22-10-14-13-8-15(23-14)20-9-12(3)16(21)19-17(20)24-13/h9,11,13-15H,8,10H2,1-7H3/t13-,14-,15-/m1/s1. The van der Waals surface area contributed by atoms with Crippen LogP contribution in [-0.4, -0.2) is 36.7 Å². The molecule has 0 aromatic carbocycles. The minimum atomic E-state index is -1.91. The van der Waals surface area contributed by atoms with E-state index in [1.54, 1.807) is 13.1 Å². The quantitative estimate of drug-likeness (QED) is 0.749. The lowest BCUT2D eigenvalue weighted by molar-refractivity contribution is -0.0224. The maximum absolute atomic E-state index is 11.8. The molecule has 3 rings (SSSR count). The van der Waals surface area contributed by atoms with Crippen LogP contribution in [-0.2, 0) is 9.16 Å². The summed E-state index contributed by atoms with van der Waals surface area (Å²) in [5, 5.41) is 0.162. The lowest BCUT2D eigenvalue weighted by Crippen LogP contribution is -2.47. The van der Waals surface area contributed by atoms with Crippen LogP contribution in [0.4, 0.5) is 0 Å². The monoisotopic (exact) mass is 366 g/mol. The highest BCUT2D eigenvalue weighted by Crippen LogP contribution is 2.45. The van der Waals surface area contributed by atoms with Gasteiger partial charge in [-0.1, -0.05) is 27.7 Å². The van der Waals surface area contributed by atoms with Crippen LogP contribution in [0.25, 0.3) is 0 Å². The first kappa shape index (κ1) is 18.6. The van der Waals surface area contributed by atoms with Gasteiger partial charge in [0.05, 0.1) is 6.61 Å². The molecule has 140 valence electrons. The van der Waals surface area contributed by atoms with E-state index in [2.05, 4.69) is 45.8 Å². The first-order valence-electron chi connectivity index (χ1n) is 9.09. The Labute approximate surface area is 150 Å². The molecule has 0 N–H and O–H groups in total. The van der Waals surface area contributed by atoms with Crippen LogP contribution < -0.4 is 10.3 Å². The number of aromatic nitrogens is 2. The van der Waals surface area contributed by atoms with Crippen LogP contribution in [0.3, 0.4) is 0 Å². The Morgan fingerprint density at radius 2 is 2.12 bits per heavy atom. The van der Waals surface area contributed by atoms with E-state index >= 15 is 0 Å². The van der Waals surface area contributed by atoms with Gasteiger partial charge in [-0.05, 0) is 31.0 Å². The maximum atomic E-state index is 11.8. The van der Waals surface area contributed by atoms with Gasteiger partial charge in [0, 0.05) is 18.2 Å². The zero-order valence-corrected chi connectivity index (χ0v) is 17.3. The predicted octanol–water partition coefficient (Wildman–Crippen LogP) is 3.26. The first-order valence-corrected chi connectivity index (χ1v) is 12.0. The first-order chi connectivity index (χ1) is 11.5. The third kappa shape index (κ3) is 3.17. The summed E-state index contributed by atoms with van der Waals surface area (Å²) in [7, 11) is -1.91. The van der Waals surface area contributed by atoms with E-state index < -0.39 is 8.32 Å². The summed E-state index contributed by atoms with van der Waals surface area (Å²) in [5.74, 6) is 0.552. The van der Waals surface area contributed by atoms with Crippen molar-refractivity contribution in [1.29, 1.82) is 0 Å². The summed E-state index contributed by atoms with van der Waals surface area (Å²) in [4.78, 5) is 15.8. The molecule has 1 aromatic heterocycles. The van der Waals surface area contributed by atoms with Crippen molar-refractivity contribution >= 4 is 8.32 Å². The molecule has 1 saturated heterocycles. The Bertz CT molecular complexity index is 714. The van der Waals surface area contributed by atoms with Gasteiger partial charge in [-0.15, -0.1) is 0 Å². The van der Waals surface area contributed by atoms with Crippen molar-refractivity contribution < 1.29 is 13.9 Å². The van der Waals surface area contributed by atoms with Gasteiger partial charge in [0.25, 0.3) is 5.56 Å². The topological polar surface area (TPSA) is 62.6 Å². The Balaban J connectivity index is 1.71. The third-order valence-corrected chi connectivity index (χ3v) is 11.0. The number of aryl methyl sites for hydroxylation is 1. The molecule has 2 aliphatic heterocycles. The molecule has 0 saturated carbocycles. The normalized spacial score (nSPS) is 25.8. The molecule has 1 aromatic rings. The average Bonchev–Trinajstić information content (AvgIpc) is 2.85. The van der Waals surface area contributed by atoms with Gasteiger partial charge in [-0.25, -0.2) is 0 Å². The van der Waals surface area contributed by atoms with Crippen LogP contribution in [0, 0.1) is 12.8 Å². The van der Waals surface area contributed by atoms with Crippen molar-refractivity contribution in [2.45, 2.75) is 77.6 Å². The summed E-state index contributed by atoms with van der Waals surface area (Å²) >= 11 is 0. The molecule has 0 spiro atoms. The summed E-state index contributed by atoms with van der Waals surface area (Å²) < 4.78 is 20.4. The second-order valence-electron chi connectivity index (χ2n) is 8.64. The Hall–Kier alpha value is -1.18. The largest absolute Gasteiger partial charge is 0.458 e. The molecule has 0 unspecified atom stereocenters. The highest BCUT2D eigenvalue weighted by molar-refractivity contribution is 6.74. The van der Waals surface area contributed by atoms with Crippen LogP contribution in [0.2, 0.25) is 18.1 Å². The van der Waals surface area contributed by atoms with E-state index in [4.69, 9.17) is 13.9 Å². The van der Waals surface area contributed by atoms with Gasteiger partial charge in [0.15, 0.2) is 8.32 Å². The smallest absolute Gasteiger partial charge is 0.302 e. The van der Waals surface area contributed by atoms with Gasteiger partial charge in [0.1, 0.15) is 18.4 Å². The predicted molar refractivity (Wildman–Crippen MR) is 98.5 cm³/mol. The van der Waals surface area contributed by atoms with Gasteiger partial charge in [-0.3, -0.25) is 9.36 Å². The van der Waals surface area contributed by atoms with Crippen molar-refractivity contribution in [2.24, 2.45) is 5.92 Å². The summed E-state index contributed by atoms with van der Waals surface area (Å²) in [6, 6.07) is 0.360. The van der Waals surface area contributed by atoms with Crippen LogP contribution >= 0.6 is 0 Å². The molecular formula is C18H30N2O4Si. The minimum Gasteiger partial charge on any atom is -0.458 e. The SMILES string of the molecule is Cc1cn2c(nc1=O)O[C@@H]1C[C@H]2O[C@@H]1CO[Si](C)(C)C(C)(C)C(C)C. The highest BCUT2D eigenvalue weighted by Gasteiger charge is 2.47. The van der Waals surface area contributed by atoms with Crippen LogP contribution in [0.5, 0.6) is 6.01 Å². The zero-order chi connectivity index (χ0) is 18.6. The number of hydrogen-bond donors (Lipinski definition) is 0. The molecular weight excluding hydrogens is 336 g/mol. The Morgan fingerprint density at radius 1 is 1.44 bits per heavy atom. The number of hydrogen-bond acceptors (Lipinski definition) is 5. The van der Waals surface area contributed by atoms with E-state index in [-0.39, 0.29) is 29.0 Å². The molecule has 3 atom stereocenters. The van der Waals surface area contributed by atoms with Gasteiger partial charge in [0.2, 0.25) is 0 Å². The second kappa shape index (κ2) is 6.21. The van der Waals surface area contributed by atoms with Crippen molar-refractivity contribution in [3.63, 3.8) is 0 Å². The summed E-state index contributed by atoms with van der Waals surface area (Å²) in [6.45, 7) is 15.9. The average molecular weight is 367 g/mol. The number of ether oxygens (including phenoxy) is 2. The second-order valence-corrected chi connectivity index (χ2v) is 13.2. The van der Waals surface area contributed by atoms with E-state index in [1.807, 2.05) is 4.57 Å². The molecule has 2 bridgehead atoms. The van der Waals surface area contributed by atoms with E-state index in [0.717, 1.165) is 6.42 Å². The highest BCUT2D eigenvalue weighted by atomic mass is 28.4. The lowest BCUT2D eigenvalue weighted by atomic mass is 9.99. The van der Waals surface area contributed by atoms with E-state index in [0.29, 0.717) is 24.1 Å². The molecule has 0 aliphatic carbocycles. The van der Waals surface area contributed by atoms with Crippen molar-refractivity contribution in [2.75, 3.05) is 6.61 Å². The maximum Gasteiger partial charge on any atom is 0.302 e. The Kier molecular flexibility index (Phi) is 4.62. The zero-order valence-electron chi connectivity index (χ0n) is 16.3. The molecule has 2 aliphatic rings. The van der Waals surface area contributed by atoms with E-state index in [1.165, 1.54) is 0 Å². The van der Waals surface area contributed by atoms with Gasteiger partial charge >= 0.3 is 6.01 Å².